The Morgan fingerprint density at radius 2 is 2.33 bits per heavy atom. The molecule has 0 radical (unpaired) electrons. The van der Waals surface area contributed by atoms with Crippen LogP contribution >= 0.6 is 11.6 Å². The lowest BCUT2D eigenvalue weighted by atomic mass is 10.2. The Balaban J connectivity index is 2.35. The first-order valence-electron chi connectivity index (χ1n) is 4.75. The maximum absolute atomic E-state index is 10.7. The van der Waals surface area contributed by atoms with E-state index >= 15 is 0 Å². The number of benzene rings is 1. The van der Waals surface area contributed by atoms with E-state index in [1.54, 1.807) is 6.92 Å². The van der Waals surface area contributed by atoms with Crippen LogP contribution in [0.2, 0.25) is 5.02 Å². The van der Waals surface area contributed by atoms with Crippen LogP contribution in [0.3, 0.4) is 0 Å². The summed E-state index contributed by atoms with van der Waals surface area (Å²) >= 11 is 5.82. The van der Waals surface area contributed by atoms with Crippen molar-refractivity contribution in [1.82, 2.24) is 0 Å². The summed E-state index contributed by atoms with van der Waals surface area (Å²) in [6.45, 7) is 2.10. The molecule has 1 aromatic carbocycles. The largest absolute Gasteiger partial charge is 0.368 e. The molecule has 1 aromatic rings. The summed E-state index contributed by atoms with van der Waals surface area (Å²) in [5, 5.41) is 0.704. The second kappa shape index (κ2) is 5.73. The van der Waals surface area contributed by atoms with Gasteiger partial charge in [-0.15, -0.1) is 0 Å². The first kappa shape index (κ1) is 12.0. The molecule has 0 aliphatic rings. The second-order valence-electron chi connectivity index (χ2n) is 3.30. The summed E-state index contributed by atoms with van der Waals surface area (Å²) in [5.41, 5.74) is 6.14. The number of hydrogen-bond donors (Lipinski definition) is 1. The topological polar surface area (TPSA) is 52.3 Å². The minimum atomic E-state index is -0.538. The van der Waals surface area contributed by atoms with Gasteiger partial charge in [-0.25, -0.2) is 0 Å². The van der Waals surface area contributed by atoms with Crippen LogP contribution in [0.25, 0.3) is 0 Å². The van der Waals surface area contributed by atoms with E-state index in [1.165, 1.54) is 0 Å². The van der Waals surface area contributed by atoms with E-state index in [-0.39, 0.29) is 0 Å². The zero-order valence-electron chi connectivity index (χ0n) is 8.57. The third-order valence-electron chi connectivity index (χ3n) is 2.05. The lowest BCUT2D eigenvalue weighted by Gasteiger charge is -2.08. The van der Waals surface area contributed by atoms with Crippen LogP contribution in [0, 0.1) is 0 Å². The molecule has 0 fully saturated rings. The molecule has 15 heavy (non-hydrogen) atoms. The van der Waals surface area contributed by atoms with Gasteiger partial charge in [0.1, 0.15) is 6.10 Å². The first-order chi connectivity index (χ1) is 7.09. The van der Waals surface area contributed by atoms with E-state index < -0.39 is 12.0 Å². The van der Waals surface area contributed by atoms with Crippen LogP contribution < -0.4 is 5.73 Å². The van der Waals surface area contributed by atoms with Crippen molar-refractivity contribution < 1.29 is 9.53 Å². The average Bonchev–Trinajstić information content (AvgIpc) is 2.17. The molecule has 82 valence electrons. The lowest BCUT2D eigenvalue weighted by Crippen LogP contribution is -2.28. The molecule has 2 N–H and O–H groups in total. The van der Waals surface area contributed by atoms with E-state index in [4.69, 9.17) is 22.1 Å². The molecule has 0 spiro atoms. The molecular weight excluding hydrogens is 214 g/mol. The molecule has 0 aromatic heterocycles. The average molecular weight is 228 g/mol. The third-order valence-corrected chi connectivity index (χ3v) is 2.28. The van der Waals surface area contributed by atoms with Gasteiger partial charge in [-0.3, -0.25) is 4.79 Å². The molecule has 0 aliphatic heterocycles. The van der Waals surface area contributed by atoms with Gasteiger partial charge in [0.25, 0.3) is 0 Å². The van der Waals surface area contributed by atoms with Gasteiger partial charge in [-0.2, -0.15) is 0 Å². The standard InChI is InChI=1S/C11H14ClNO2/c1-8(11(13)14)15-6-5-9-3-2-4-10(12)7-9/h2-4,7-8H,5-6H2,1H3,(H2,13,14). The maximum Gasteiger partial charge on any atom is 0.246 e. The monoisotopic (exact) mass is 227 g/mol. The Bertz CT molecular complexity index is 341. The number of rotatable bonds is 5. The van der Waals surface area contributed by atoms with Crippen molar-refractivity contribution in [2.75, 3.05) is 6.61 Å². The van der Waals surface area contributed by atoms with Crippen LogP contribution in [0.5, 0.6) is 0 Å². The predicted molar refractivity (Wildman–Crippen MR) is 59.8 cm³/mol. The van der Waals surface area contributed by atoms with Gasteiger partial charge in [-0.1, -0.05) is 23.7 Å². The molecule has 0 heterocycles. The number of nitrogens with two attached hydrogens (primary N) is 1. The van der Waals surface area contributed by atoms with Gasteiger partial charge in [0, 0.05) is 5.02 Å². The first-order valence-corrected chi connectivity index (χ1v) is 5.13. The van der Waals surface area contributed by atoms with E-state index in [0.29, 0.717) is 11.6 Å². The molecule has 4 heteroatoms. The van der Waals surface area contributed by atoms with Crippen LogP contribution in [-0.2, 0) is 16.0 Å². The molecule has 0 saturated heterocycles. The van der Waals surface area contributed by atoms with Crippen molar-refractivity contribution in [3.8, 4) is 0 Å². The van der Waals surface area contributed by atoms with Crippen molar-refractivity contribution in [1.29, 1.82) is 0 Å². The Hall–Kier alpha value is -1.06. The van der Waals surface area contributed by atoms with E-state index in [9.17, 15) is 4.79 Å². The highest BCUT2D eigenvalue weighted by Crippen LogP contribution is 2.11. The van der Waals surface area contributed by atoms with Gasteiger partial charge in [0.15, 0.2) is 0 Å². The highest BCUT2D eigenvalue weighted by atomic mass is 35.5. The normalized spacial score (nSPS) is 12.4. The number of hydrogen-bond acceptors (Lipinski definition) is 2. The summed E-state index contributed by atoms with van der Waals surface area (Å²) in [7, 11) is 0. The van der Waals surface area contributed by atoms with E-state index in [1.807, 2.05) is 24.3 Å². The molecular formula is C11H14ClNO2. The lowest BCUT2D eigenvalue weighted by molar-refractivity contribution is -0.128. The quantitative estimate of drug-likeness (QED) is 0.834. The highest BCUT2D eigenvalue weighted by Gasteiger charge is 2.07. The number of ether oxygens (including phenoxy) is 1. The number of primary amides is 1. The van der Waals surface area contributed by atoms with Crippen LogP contribution in [0.1, 0.15) is 12.5 Å². The third kappa shape index (κ3) is 4.32. The summed E-state index contributed by atoms with van der Waals surface area (Å²) < 4.78 is 5.23. The molecule has 0 saturated carbocycles. The predicted octanol–water partition coefficient (Wildman–Crippen LogP) is 1.77. The SMILES string of the molecule is CC(OCCc1cccc(Cl)c1)C(N)=O. The molecule has 1 unspecified atom stereocenters. The zero-order chi connectivity index (χ0) is 11.3. The molecule has 1 rings (SSSR count). The fourth-order valence-corrected chi connectivity index (χ4v) is 1.34. The van der Waals surface area contributed by atoms with Crippen LogP contribution in [0.4, 0.5) is 0 Å². The van der Waals surface area contributed by atoms with Gasteiger partial charge < -0.3 is 10.5 Å². The van der Waals surface area contributed by atoms with Gasteiger partial charge in [0.2, 0.25) is 5.91 Å². The fraction of sp³-hybridized carbons (Fsp3) is 0.364. The summed E-state index contributed by atoms with van der Waals surface area (Å²) in [6, 6.07) is 7.54. The van der Waals surface area contributed by atoms with E-state index in [2.05, 4.69) is 0 Å². The molecule has 0 aliphatic carbocycles. The van der Waals surface area contributed by atoms with Crippen LogP contribution in [-0.4, -0.2) is 18.6 Å². The van der Waals surface area contributed by atoms with Gasteiger partial charge in [-0.05, 0) is 31.0 Å². The van der Waals surface area contributed by atoms with Crippen molar-refractivity contribution in [3.63, 3.8) is 0 Å². The molecule has 0 bridgehead atoms. The Labute approximate surface area is 94.2 Å². The fourth-order valence-electron chi connectivity index (χ4n) is 1.13. The maximum atomic E-state index is 10.7. The Morgan fingerprint density at radius 3 is 2.93 bits per heavy atom. The van der Waals surface area contributed by atoms with Crippen molar-refractivity contribution in [2.24, 2.45) is 5.73 Å². The number of carbonyl (C=O) groups excluding carboxylic acids is 1. The number of halogens is 1. The summed E-state index contributed by atoms with van der Waals surface area (Å²) in [4.78, 5) is 10.7. The zero-order valence-corrected chi connectivity index (χ0v) is 9.33. The number of carbonyl (C=O) groups is 1. The van der Waals surface area contributed by atoms with Crippen molar-refractivity contribution in [3.05, 3.63) is 34.9 Å². The minimum absolute atomic E-state index is 0.443. The molecule has 3 nitrogen and oxygen atoms in total. The Morgan fingerprint density at radius 1 is 1.60 bits per heavy atom. The van der Waals surface area contributed by atoms with Crippen molar-refractivity contribution >= 4 is 17.5 Å². The highest BCUT2D eigenvalue weighted by molar-refractivity contribution is 6.30. The van der Waals surface area contributed by atoms with E-state index in [0.717, 1.165) is 12.0 Å². The summed E-state index contributed by atoms with van der Waals surface area (Å²) in [5.74, 6) is -0.443. The molecule has 1 amide bonds. The Kier molecular flexibility index (Phi) is 4.59. The smallest absolute Gasteiger partial charge is 0.246 e. The number of amides is 1. The second-order valence-corrected chi connectivity index (χ2v) is 3.73. The summed E-state index contributed by atoms with van der Waals surface area (Å²) in [6.07, 6.45) is 0.183. The van der Waals surface area contributed by atoms with Gasteiger partial charge >= 0.3 is 0 Å². The van der Waals surface area contributed by atoms with Crippen molar-refractivity contribution in [2.45, 2.75) is 19.4 Å². The van der Waals surface area contributed by atoms with Gasteiger partial charge in [0.05, 0.1) is 6.61 Å². The minimum Gasteiger partial charge on any atom is -0.368 e. The molecule has 1 atom stereocenters. The van der Waals surface area contributed by atoms with Crippen LogP contribution in [0.15, 0.2) is 24.3 Å².